The van der Waals surface area contributed by atoms with E-state index in [1.165, 1.54) is 6.08 Å². The van der Waals surface area contributed by atoms with Crippen molar-refractivity contribution < 1.29 is 17.6 Å². The van der Waals surface area contributed by atoms with Crippen molar-refractivity contribution in [1.82, 2.24) is 0 Å². The van der Waals surface area contributed by atoms with E-state index >= 15 is 0 Å². The number of benzene rings is 1. The van der Waals surface area contributed by atoms with Gasteiger partial charge in [-0.2, -0.15) is 13.2 Å². The van der Waals surface area contributed by atoms with E-state index in [0.29, 0.717) is 11.4 Å². The fourth-order valence-electron chi connectivity index (χ4n) is 1.01. The zero-order valence-electron chi connectivity index (χ0n) is 7.48. The van der Waals surface area contributed by atoms with Gasteiger partial charge in [0.15, 0.2) is 0 Å². The summed E-state index contributed by atoms with van der Waals surface area (Å²) in [4.78, 5) is 0. The van der Waals surface area contributed by atoms with Crippen molar-refractivity contribution in [3.8, 4) is 0 Å². The second kappa shape index (κ2) is 4.79. The maximum atomic E-state index is 13.1. The van der Waals surface area contributed by atoms with E-state index < -0.39 is 17.6 Å². The lowest BCUT2D eigenvalue weighted by Crippen LogP contribution is -2.05. The van der Waals surface area contributed by atoms with Crippen LogP contribution in [0.25, 0.3) is 6.08 Å². The molecule has 0 radical (unpaired) electrons. The molecule has 0 aliphatic rings. The summed E-state index contributed by atoms with van der Waals surface area (Å²) < 4.78 is 49.6. The largest absolute Gasteiger partial charge is 0.416 e. The Balaban J connectivity index is 3.04. The van der Waals surface area contributed by atoms with Gasteiger partial charge in [-0.05, 0) is 12.1 Å². The molecule has 5 heteroatoms. The molecule has 0 aliphatic heterocycles. The summed E-state index contributed by atoms with van der Waals surface area (Å²) >= 11 is 3.09. The molecule has 1 aromatic rings. The molecule has 0 atom stereocenters. The van der Waals surface area contributed by atoms with Gasteiger partial charge in [0.1, 0.15) is 5.82 Å². The zero-order valence-corrected chi connectivity index (χ0v) is 9.07. The summed E-state index contributed by atoms with van der Waals surface area (Å²) in [7, 11) is 0. The van der Waals surface area contributed by atoms with Gasteiger partial charge in [0.05, 0.1) is 5.56 Å². The van der Waals surface area contributed by atoms with E-state index in [9.17, 15) is 17.6 Å². The zero-order chi connectivity index (χ0) is 11.5. The molecule has 0 amide bonds. The third kappa shape index (κ3) is 3.34. The van der Waals surface area contributed by atoms with Gasteiger partial charge >= 0.3 is 6.18 Å². The fraction of sp³-hybridized carbons (Fsp3) is 0.200. The van der Waals surface area contributed by atoms with Crippen LogP contribution in [0.4, 0.5) is 17.6 Å². The Hall–Kier alpha value is -0.840. The predicted octanol–water partition coefficient (Wildman–Crippen LogP) is 4.25. The van der Waals surface area contributed by atoms with Crippen LogP contribution in [0, 0.1) is 5.82 Å². The molecule has 0 fully saturated rings. The van der Waals surface area contributed by atoms with Crippen LogP contribution in [0.1, 0.15) is 11.1 Å². The van der Waals surface area contributed by atoms with Crippen LogP contribution in [0.5, 0.6) is 0 Å². The minimum atomic E-state index is -4.50. The summed E-state index contributed by atoms with van der Waals surface area (Å²) in [5, 5.41) is 0.521. The lowest BCUT2D eigenvalue weighted by Gasteiger charge is -2.07. The Bertz CT molecular complexity index is 368. The van der Waals surface area contributed by atoms with Gasteiger partial charge in [-0.25, -0.2) is 4.39 Å². The minimum Gasteiger partial charge on any atom is -0.206 e. The maximum absolute atomic E-state index is 13.1. The van der Waals surface area contributed by atoms with Crippen molar-refractivity contribution in [2.24, 2.45) is 0 Å². The van der Waals surface area contributed by atoms with Gasteiger partial charge in [0.25, 0.3) is 0 Å². The first kappa shape index (κ1) is 12.2. The fourth-order valence-corrected chi connectivity index (χ4v) is 1.20. The molecule has 0 nitrogen and oxygen atoms in total. The molecule has 0 aromatic heterocycles. The summed E-state index contributed by atoms with van der Waals surface area (Å²) in [5.41, 5.74) is -0.835. The van der Waals surface area contributed by atoms with Gasteiger partial charge < -0.3 is 0 Å². The first-order chi connectivity index (χ1) is 6.95. The average Bonchev–Trinajstić information content (AvgIpc) is 2.14. The second-order valence-corrected chi connectivity index (χ2v) is 3.44. The second-order valence-electron chi connectivity index (χ2n) is 2.79. The standard InChI is InChI=1S/C10H7BrF4/c11-5-1-2-7-3-4-8(6-9(7)12)10(13,14)15/h1-4,6H,5H2/b2-1+. The van der Waals surface area contributed by atoms with E-state index in [-0.39, 0.29) is 5.56 Å². The van der Waals surface area contributed by atoms with Crippen LogP contribution in [0.15, 0.2) is 24.3 Å². The van der Waals surface area contributed by atoms with Crippen molar-refractivity contribution in [2.75, 3.05) is 5.33 Å². The Morgan fingerprint density at radius 2 is 1.93 bits per heavy atom. The predicted molar refractivity (Wildman–Crippen MR) is 54.2 cm³/mol. The summed E-state index contributed by atoms with van der Waals surface area (Å²) in [6.07, 6.45) is -1.48. The van der Waals surface area contributed by atoms with Gasteiger partial charge in [-0.3, -0.25) is 0 Å². The van der Waals surface area contributed by atoms with Crippen LogP contribution in [0.3, 0.4) is 0 Å². The lowest BCUT2D eigenvalue weighted by atomic mass is 10.1. The molecule has 0 unspecified atom stereocenters. The average molecular weight is 283 g/mol. The highest BCUT2D eigenvalue weighted by Crippen LogP contribution is 2.30. The summed E-state index contributed by atoms with van der Waals surface area (Å²) in [6, 6.07) is 2.46. The lowest BCUT2D eigenvalue weighted by molar-refractivity contribution is -0.137. The highest BCUT2D eigenvalue weighted by molar-refractivity contribution is 9.09. The van der Waals surface area contributed by atoms with Crippen LogP contribution < -0.4 is 0 Å². The quantitative estimate of drug-likeness (QED) is 0.562. The molecular weight excluding hydrogens is 276 g/mol. The molecular formula is C10H7BrF4. The van der Waals surface area contributed by atoms with Crippen LogP contribution in [-0.2, 0) is 6.18 Å². The third-order valence-corrected chi connectivity index (χ3v) is 2.09. The van der Waals surface area contributed by atoms with E-state index in [0.717, 1.165) is 12.1 Å². The third-order valence-electron chi connectivity index (χ3n) is 1.71. The van der Waals surface area contributed by atoms with Crippen LogP contribution >= 0.6 is 15.9 Å². The van der Waals surface area contributed by atoms with Gasteiger partial charge in [0, 0.05) is 10.9 Å². The molecule has 1 rings (SSSR count). The Kier molecular flexibility index (Phi) is 3.90. The summed E-state index contributed by atoms with van der Waals surface area (Å²) in [6.45, 7) is 0. The number of rotatable bonds is 2. The minimum absolute atomic E-state index is 0.141. The number of hydrogen-bond donors (Lipinski definition) is 0. The summed E-state index contributed by atoms with van der Waals surface area (Å²) in [5.74, 6) is -0.873. The maximum Gasteiger partial charge on any atom is 0.416 e. The smallest absolute Gasteiger partial charge is 0.206 e. The van der Waals surface area contributed by atoms with Gasteiger partial charge in [-0.1, -0.05) is 34.1 Å². The molecule has 0 heterocycles. The van der Waals surface area contributed by atoms with Gasteiger partial charge in [-0.15, -0.1) is 0 Å². The van der Waals surface area contributed by atoms with E-state index in [4.69, 9.17) is 0 Å². The topological polar surface area (TPSA) is 0 Å². The Morgan fingerprint density at radius 3 is 2.40 bits per heavy atom. The van der Waals surface area contributed by atoms with E-state index in [2.05, 4.69) is 15.9 Å². The van der Waals surface area contributed by atoms with Crippen LogP contribution in [-0.4, -0.2) is 5.33 Å². The molecule has 0 spiro atoms. The molecule has 15 heavy (non-hydrogen) atoms. The van der Waals surface area contributed by atoms with Crippen molar-refractivity contribution in [3.63, 3.8) is 0 Å². The molecule has 82 valence electrons. The molecule has 0 N–H and O–H groups in total. The molecule has 0 saturated heterocycles. The number of hydrogen-bond acceptors (Lipinski definition) is 0. The molecule has 0 saturated carbocycles. The monoisotopic (exact) mass is 282 g/mol. The SMILES string of the molecule is Fc1cc(C(F)(F)F)ccc1/C=C/CBr. The first-order valence-electron chi connectivity index (χ1n) is 4.04. The van der Waals surface area contributed by atoms with Gasteiger partial charge in [0.2, 0.25) is 0 Å². The van der Waals surface area contributed by atoms with Crippen molar-refractivity contribution >= 4 is 22.0 Å². The highest BCUT2D eigenvalue weighted by Gasteiger charge is 2.30. The van der Waals surface area contributed by atoms with E-state index in [1.807, 2.05) is 0 Å². The molecule has 1 aromatic carbocycles. The molecule has 0 aliphatic carbocycles. The van der Waals surface area contributed by atoms with Crippen molar-refractivity contribution in [2.45, 2.75) is 6.18 Å². The van der Waals surface area contributed by atoms with Crippen LogP contribution in [0.2, 0.25) is 0 Å². The number of halogens is 5. The van der Waals surface area contributed by atoms with Crippen molar-refractivity contribution in [3.05, 3.63) is 41.2 Å². The van der Waals surface area contributed by atoms with E-state index in [1.54, 1.807) is 6.08 Å². The highest BCUT2D eigenvalue weighted by atomic mass is 79.9. The first-order valence-corrected chi connectivity index (χ1v) is 5.16. The number of alkyl halides is 4. The van der Waals surface area contributed by atoms with Crippen molar-refractivity contribution in [1.29, 1.82) is 0 Å². The molecule has 0 bridgehead atoms. The normalized spacial score (nSPS) is 12.3. The number of allylic oxidation sites excluding steroid dienone is 1. The Morgan fingerprint density at radius 1 is 1.27 bits per heavy atom. The Labute approximate surface area is 92.7 Å².